The van der Waals surface area contributed by atoms with Crippen LogP contribution in [0.2, 0.25) is 5.02 Å². The number of amides is 1. The van der Waals surface area contributed by atoms with E-state index in [1.807, 2.05) is 30.5 Å². The molecular formula is C24H22ClFN4O2. The van der Waals surface area contributed by atoms with E-state index in [1.54, 1.807) is 36.5 Å². The zero-order chi connectivity index (χ0) is 22.8. The van der Waals surface area contributed by atoms with Crippen LogP contribution < -0.4 is 10.9 Å². The summed E-state index contributed by atoms with van der Waals surface area (Å²) >= 11 is 5.87. The van der Waals surface area contributed by atoms with E-state index >= 15 is 0 Å². The lowest BCUT2D eigenvalue weighted by Crippen LogP contribution is -2.33. The molecular weight excluding hydrogens is 431 g/mol. The standard InChI is InChI=1S/C24H22ClFN4O2/c1-15-20-12-28-30(14-22(31)27-11-17-7-9-19(25)10-8-17)24(32)23(20)16(2)29(15)13-18-5-3-4-6-21(18)26/h3-10,12H,11,13-14H2,1-2H3,(H,27,31). The van der Waals surface area contributed by atoms with E-state index in [0.717, 1.165) is 15.9 Å². The van der Waals surface area contributed by atoms with Crippen molar-refractivity contribution in [2.24, 2.45) is 0 Å². The van der Waals surface area contributed by atoms with Crippen LogP contribution in [0.3, 0.4) is 0 Å². The molecule has 2 aromatic heterocycles. The number of carbonyl (C=O) groups is 1. The average molecular weight is 453 g/mol. The van der Waals surface area contributed by atoms with Crippen LogP contribution in [0.4, 0.5) is 4.39 Å². The third-order valence-corrected chi connectivity index (χ3v) is 5.84. The third kappa shape index (κ3) is 4.29. The normalized spacial score (nSPS) is 11.1. The maximum absolute atomic E-state index is 14.2. The smallest absolute Gasteiger partial charge is 0.276 e. The number of fused-ring (bicyclic) bond motifs is 1. The Kier molecular flexibility index (Phi) is 6.10. The van der Waals surface area contributed by atoms with Gasteiger partial charge in [-0.25, -0.2) is 9.07 Å². The molecule has 1 amide bonds. The molecule has 0 saturated heterocycles. The molecule has 32 heavy (non-hydrogen) atoms. The van der Waals surface area contributed by atoms with Crippen LogP contribution in [0.25, 0.3) is 10.8 Å². The van der Waals surface area contributed by atoms with Crippen molar-refractivity contribution in [1.82, 2.24) is 19.7 Å². The molecule has 6 nitrogen and oxygen atoms in total. The number of benzene rings is 2. The lowest BCUT2D eigenvalue weighted by molar-refractivity contribution is -0.122. The second-order valence-electron chi connectivity index (χ2n) is 7.65. The minimum absolute atomic E-state index is 0.195. The summed E-state index contributed by atoms with van der Waals surface area (Å²) in [5.41, 5.74) is 2.62. The van der Waals surface area contributed by atoms with E-state index in [0.29, 0.717) is 40.1 Å². The number of rotatable bonds is 6. The fraction of sp³-hybridized carbons (Fsp3) is 0.208. The van der Waals surface area contributed by atoms with Crippen molar-refractivity contribution >= 4 is 28.3 Å². The Bertz CT molecular complexity index is 1360. The van der Waals surface area contributed by atoms with Crippen molar-refractivity contribution in [3.05, 3.63) is 98.4 Å². The zero-order valence-corrected chi connectivity index (χ0v) is 18.5. The van der Waals surface area contributed by atoms with Crippen LogP contribution >= 0.6 is 11.6 Å². The van der Waals surface area contributed by atoms with Gasteiger partial charge in [-0.05, 0) is 37.6 Å². The summed E-state index contributed by atoms with van der Waals surface area (Å²) in [5.74, 6) is -0.619. The minimum atomic E-state index is -0.350. The van der Waals surface area contributed by atoms with Gasteiger partial charge in [0, 0.05) is 33.9 Å². The first-order valence-corrected chi connectivity index (χ1v) is 10.5. The van der Waals surface area contributed by atoms with Crippen molar-refractivity contribution in [1.29, 1.82) is 0 Å². The summed E-state index contributed by atoms with van der Waals surface area (Å²) in [4.78, 5) is 25.5. The quantitative estimate of drug-likeness (QED) is 0.481. The lowest BCUT2D eigenvalue weighted by atomic mass is 10.2. The summed E-state index contributed by atoms with van der Waals surface area (Å²) in [6.07, 6.45) is 1.59. The molecule has 2 aromatic carbocycles. The molecule has 0 unspecified atom stereocenters. The largest absolute Gasteiger partial charge is 0.350 e. The molecule has 4 aromatic rings. The summed E-state index contributed by atoms with van der Waals surface area (Å²) < 4.78 is 17.2. The molecule has 2 heterocycles. The van der Waals surface area contributed by atoms with Gasteiger partial charge in [0.15, 0.2) is 0 Å². The highest BCUT2D eigenvalue weighted by Gasteiger charge is 2.18. The first-order valence-electron chi connectivity index (χ1n) is 10.1. The number of nitrogens with zero attached hydrogens (tertiary/aromatic N) is 3. The predicted octanol–water partition coefficient (Wildman–Crippen LogP) is 3.97. The van der Waals surface area contributed by atoms with Gasteiger partial charge in [0.05, 0.1) is 18.1 Å². The molecule has 0 atom stereocenters. The highest BCUT2D eigenvalue weighted by atomic mass is 35.5. The molecule has 0 spiro atoms. The topological polar surface area (TPSA) is 68.9 Å². The molecule has 1 N–H and O–H groups in total. The molecule has 0 radical (unpaired) electrons. The Morgan fingerprint density at radius 2 is 1.81 bits per heavy atom. The van der Waals surface area contributed by atoms with Gasteiger partial charge in [-0.3, -0.25) is 9.59 Å². The molecule has 0 aliphatic rings. The van der Waals surface area contributed by atoms with Gasteiger partial charge in [0.1, 0.15) is 12.4 Å². The van der Waals surface area contributed by atoms with Crippen LogP contribution in [-0.4, -0.2) is 20.3 Å². The first-order chi connectivity index (χ1) is 15.3. The van der Waals surface area contributed by atoms with Crippen molar-refractivity contribution < 1.29 is 9.18 Å². The molecule has 0 aliphatic heterocycles. The number of halogens is 2. The van der Waals surface area contributed by atoms with Gasteiger partial charge in [-0.1, -0.05) is 41.9 Å². The Morgan fingerprint density at radius 1 is 1.09 bits per heavy atom. The van der Waals surface area contributed by atoms with E-state index < -0.39 is 0 Å². The number of aryl methyl sites for hydroxylation is 2. The molecule has 0 bridgehead atoms. The second kappa shape index (κ2) is 8.96. The number of hydrogen-bond acceptors (Lipinski definition) is 3. The van der Waals surface area contributed by atoms with E-state index in [4.69, 9.17) is 11.6 Å². The van der Waals surface area contributed by atoms with Crippen LogP contribution in [0.5, 0.6) is 0 Å². The van der Waals surface area contributed by atoms with Crippen molar-refractivity contribution in [2.75, 3.05) is 0 Å². The second-order valence-corrected chi connectivity index (χ2v) is 8.08. The molecule has 0 fully saturated rings. The predicted molar refractivity (Wildman–Crippen MR) is 122 cm³/mol. The maximum Gasteiger partial charge on any atom is 0.276 e. The number of hydrogen-bond donors (Lipinski definition) is 1. The lowest BCUT2D eigenvalue weighted by Gasteiger charge is -2.10. The van der Waals surface area contributed by atoms with E-state index in [-0.39, 0.29) is 23.8 Å². The van der Waals surface area contributed by atoms with Crippen LogP contribution in [0, 0.1) is 19.7 Å². The molecule has 0 saturated carbocycles. The number of carbonyl (C=O) groups excluding carboxylic acids is 1. The Morgan fingerprint density at radius 3 is 2.53 bits per heavy atom. The Labute approximate surface area is 189 Å². The molecule has 8 heteroatoms. The summed E-state index contributed by atoms with van der Waals surface area (Å²) in [6.45, 7) is 4.13. The Balaban J connectivity index is 1.57. The third-order valence-electron chi connectivity index (χ3n) is 5.59. The Hall–Kier alpha value is -3.45. The SMILES string of the molecule is Cc1c2cnn(CC(=O)NCc3ccc(Cl)cc3)c(=O)c2c(C)n1Cc1ccccc1F. The van der Waals surface area contributed by atoms with E-state index in [1.165, 1.54) is 6.07 Å². The van der Waals surface area contributed by atoms with Crippen molar-refractivity contribution in [3.8, 4) is 0 Å². The van der Waals surface area contributed by atoms with E-state index in [9.17, 15) is 14.0 Å². The van der Waals surface area contributed by atoms with E-state index in [2.05, 4.69) is 10.4 Å². The summed E-state index contributed by atoms with van der Waals surface area (Å²) in [5, 5.41) is 8.78. The van der Waals surface area contributed by atoms with Gasteiger partial charge in [-0.2, -0.15) is 5.10 Å². The zero-order valence-electron chi connectivity index (χ0n) is 17.7. The summed E-state index contributed by atoms with van der Waals surface area (Å²) in [7, 11) is 0. The van der Waals surface area contributed by atoms with Crippen molar-refractivity contribution in [2.45, 2.75) is 33.5 Å². The highest BCUT2D eigenvalue weighted by Crippen LogP contribution is 2.23. The average Bonchev–Trinajstić information content (AvgIpc) is 3.02. The number of aromatic nitrogens is 3. The van der Waals surface area contributed by atoms with Crippen molar-refractivity contribution in [3.63, 3.8) is 0 Å². The monoisotopic (exact) mass is 452 g/mol. The fourth-order valence-electron chi connectivity index (χ4n) is 3.79. The first kappa shape index (κ1) is 21.8. The minimum Gasteiger partial charge on any atom is -0.350 e. The maximum atomic E-state index is 14.2. The molecule has 0 aliphatic carbocycles. The fourth-order valence-corrected chi connectivity index (χ4v) is 3.91. The van der Waals surface area contributed by atoms with Crippen LogP contribution in [0.15, 0.2) is 59.5 Å². The van der Waals surface area contributed by atoms with Crippen LogP contribution in [-0.2, 0) is 24.4 Å². The highest BCUT2D eigenvalue weighted by molar-refractivity contribution is 6.30. The van der Waals surface area contributed by atoms with Crippen LogP contribution in [0.1, 0.15) is 22.5 Å². The van der Waals surface area contributed by atoms with Gasteiger partial charge in [-0.15, -0.1) is 0 Å². The van der Waals surface area contributed by atoms with Gasteiger partial charge < -0.3 is 9.88 Å². The van der Waals surface area contributed by atoms with Gasteiger partial charge in [0.2, 0.25) is 5.91 Å². The molecule has 4 rings (SSSR count). The summed E-state index contributed by atoms with van der Waals surface area (Å²) in [6, 6.07) is 13.7. The van der Waals surface area contributed by atoms with Gasteiger partial charge >= 0.3 is 0 Å². The molecule has 164 valence electrons. The van der Waals surface area contributed by atoms with Gasteiger partial charge in [0.25, 0.3) is 5.56 Å². The number of nitrogens with one attached hydrogen (secondary N) is 1.